The zero-order valence-corrected chi connectivity index (χ0v) is 15.8. The molecule has 1 aromatic heterocycles. The number of amides is 1. The molecule has 0 bridgehead atoms. The number of likely N-dealkylation sites (N-methyl/N-ethyl adjacent to an activating group) is 1. The highest BCUT2D eigenvalue weighted by Crippen LogP contribution is 2.20. The van der Waals surface area contributed by atoms with Crippen LogP contribution in [0.2, 0.25) is 5.02 Å². The number of halogens is 3. The van der Waals surface area contributed by atoms with Crippen LogP contribution in [0.15, 0.2) is 30.5 Å². The van der Waals surface area contributed by atoms with E-state index in [-0.39, 0.29) is 17.1 Å². The summed E-state index contributed by atoms with van der Waals surface area (Å²) in [6, 6.07) is 5.40. The van der Waals surface area contributed by atoms with Gasteiger partial charge >= 0.3 is 0 Å². The molecule has 1 fully saturated rings. The van der Waals surface area contributed by atoms with E-state index in [1.165, 1.54) is 0 Å². The number of nitrogens with zero attached hydrogens (tertiary/aromatic N) is 3. The Bertz CT molecular complexity index is 808. The van der Waals surface area contributed by atoms with Crippen LogP contribution >= 0.6 is 11.6 Å². The molecule has 0 radical (unpaired) electrons. The Hall–Kier alpha value is -2.25. The Morgan fingerprint density at radius 2 is 1.89 bits per heavy atom. The highest BCUT2D eigenvalue weighted by molar-refractivity contribution is 6.33. The number of nitrogens with one attached hydrogen (secondary N) is 1. The molecule has 3 rings (SSSR count). The van der Waals surface area contributed by atoms with Gasteiger partial charge in [0.05, 0.1) is 10.6 Å². The summed E-state index contributed by atoms with van der Waals surface area (Å²) in [5.41, 5.74) is 0.701. The highest BCUT2D eigenvalue weighted by atomic mass is 35.5. The maximum atomic E-state index is 13.3. The van der Waals surface area contributed by atoms with Crippen LogP contribution in [-0.2, 0) is 6.54 Å². The van der Waals surface area contributed by atoms with E-state index < -0.39 is 17.5 Å². The van der Waals surface area contributed by atoms with Crippen LogP contribution in [0, 0.1) is 11.6 Å². The Balaban J connectivity index is 1.57. The van der Waals surface area contributed by atoms with E-state index in [1.54, 1.807) is 6.20 Å². The zero-order valence-electron chi connectivity index (χ0n) is 15.0. The Labute approximate surface area is 161 Å². The number of carbonyl (C=O) groups is 1. The molecule has 1 saturated heterocycles. The first kappa shape index (κ1) is 19.5. The fourth-order valence-electron chi connectivity index (χ4n) is 2.98. The first-order valence-corrected chi connectivity index (χ1v) is 9.20. The molecule has 2 aromatic rings. The minimum Gasteiger partial charge on any atom is -0.354 e. The highest BCUT2D eigenvalue weighted by Gasteiger charge is 2.17. The molecular weight excluding hydrogens is 374 g/mol. The number of aromatic nitrogens is 1. The summed E-state index contributed by atoms with van der Waals surface area (Å²) in [5, 5.41) is 2.51. The summed E-state index contributed by atoms with van der Waals surface area (Å²) in [7, 11) is 0. The second-order valence-electron chi connectivity index (χ2n) is 6.37. The Morgan fingerprint density at radius 3 is 2.52 bits per heavy atom. The van der Waals surface area contributed by atoms with Crippen LogP contribution in [0.5, 0.6) is 0 Å². The molecule has 0 spiro atoms. The minimum atomic E-state index is -1.11. The van der Waals surface area contributed by atoms with E-state index >= 15 is 0 Å². The standard InChI is InChI=1S/C19H21ClF2N4O/c1-2-25-5-7-26(8-6-25)18-4-3-13(11-23-18)12-24-19(27)14-9-16(21)17(22)10-15(14)20/h3-4,9-11H,2,5-8,12H2,1H3,(H,24,27). The normalized spacial score (nSPS) is 15.0. The summed E-state index contributed by atoms with van der Waals surface area (Å²) >= 11 is 5.82. The van der Waals surface area contributed by atoms with Crippen LogP contribution in [0.1, 0.15) is 22.8 Å². The Kier molecular flexibility index (Phi) is 6.23. The van der Waals surface area contributed by atoms with Gasteiger partial charge in [0.15, 0.2) is 11.6 Å². The molecule has 144 valence electrons. The third kappa shape index (κ3) is 4.73. The molecule has 1 amide bonds. The fraction of sp³-hybridized carbons (Fsp3) is 0.368. The van der Waals surface area contributed by atoms with Crippen molar-refractivity contribution < 1.29 is 13.6 Å². The smallest absolute Gasteiger partial charge is 0.253 e. The van der Waals surface area contributed by atoms with E-state index in [9.17, 15) is 13.6 Å². The van der Waals surface area contributed by atoms with E-state index in [4.69, 9.17) is 11.6 Å². The summed E-state index contributed by atoms with van der Waals surface area (Å²) in [6.07, 6.45) is 1.70. The average Bonchev–Trinajstić information content (AvgIpc) is 2.69. The van der Waals surface area contributed by atoms with E-state index in [0.29, 0.717) is 0 Å². The lowest BCUT2D eigenvalue weighted by molar-refractivity contribution is 0.0950. The van der Waals surface area contributed by atoms with Gasteiger partial charge in [0.1, 0.15) is 5.82 Å². The molecule has 1 aliphatic heterocycles. The van der Waals surface area contributed by atoms with Crippen LogP contribution < -0.4 is 10.2 Å². The minimum absolute atomic E-state index is 0.103. The largest absolute Gasteiger partial charge is 0.354 e. The van der Waals surface area contributed by atoms with Crippen molar-refractivity contribution in [2.75, 3.05) is 37.6 Å². The SMILES string of the molecule is CCN1CCN(c2ccc(CNC(=O)c3cc(F)c(F)cc3Cl)cn2)CC1. The number of pyridine rings is 1. The number of carbonyl (C=O) groups excluding carboxylic acids is 1. The van der Waals surface area contributed by atoms with Crippen molar-refractivity contribution in [3.63, 3.8) is 0 Å². The molecule has 0 atom stereocenters. The van der Waals surface area contributed by atoms with E-state index in [0.717, 1.165) is 56.2 Å². The molecule has 1 aromatic carbocycles. The number of hydrogen-bond donors (Lipinski definition) is 1. The van der Waals surface area contributed by atoms with Gasteiger partial charge in [0.2, 0.25) is 0 Å². The molecule has 0 saturated carbocycles. The summed E-state index contributed by atoms with van der Waals surface area (Å²) in [4.78, 5) is 21.2. The average molecular weight is 395 g/mol. The van der Waals surface area contributed by atoms with Gasteiger partial charge in [-0.25, -0.2) is 13.8 Å². The van der Waals surface area contributed by atoms with Crippen molar-refractivity contribution in [1.82, 2.24) is 15.2 Å². The van der Waals surface area contributed by atoms with Crippen molar-refractivity contribution in [1.29, 1.82) is 0 Å². The van der Waals surface area contributed by atoms with Crippen molar-refractivity contribution in [3.05, 3.63) is 58.2 Å². The van der Waals surface area contributed by atoms with Crippen LogP contribution in [-0.4, -0.2) is 48.5 Å². The van der Waals surface area contributed by atoms with Gasteiger partial charge in [-0.2, -0.15) is 0 Å². The lowest BCUT2D eigenvalue weighted by Gasteiger charge is -2.34. The Morgan fingerprint density at radius 1 is 1.19 bits per heavy atom. The lowest BCUT2D eigenvalue weighted by Crippen LogP contribution is -2.46. The van der Waals surface area contributed by atoms with Crippen LogP contribution in [0.3, 0.4) is 0 Å². The van der Waals surface area contributed by atoms with Gasteiger partial charge in [-0.05, 0) is 30.3 Å². The van der Waals surface area contributed by atoms with Gasteiger partial charge in [-0.15, -0.1) is 0 Å². The predicted molar refractivity (Wildman–Crippen MR) is 101 cm³/mol. The van der Waals surface area contributed by atoms with E-state index in [2.05, 4.69) is 27.0 Å². The van der Waals surface area contributed by atoms with Crippen molar-refractivity contribution in [3.8, 4) is 0 Å². The first-order valence-electron chi connectivity index (χ1n) is 8.83. The number of benzene rings is 1. The number of piperazine rings is 1. The van der Waals surface area contributed by atoms with Crippen LogP contribution in [0.4, 0.5) is 14.6 Å². The fourth-order valence-corrected chi connectivity index (χ4v) is 3.21. The van der Waals surface area contributed by atoms with Crippen molar-refractivity contribution >= 4 is 23.3 Å². The molecule has 1 aliphatic rings. The summed E-state index contributed by atoms with van der Waals surface area (Å²) in [5.74, 6) is -1.86. The predicted octanol–water partition coefficient (Wildman–Crippen LogP) is 3.09. The quantitative estimate of drug-likeness (QED) is 0.792. The molecule has 0 unspecified atom stereocenters. The molecule has 1 N–H and O–H groups in total. The third-order valence-corrected chi connectivity index (χ3v) is 4.97. The number of hydrogen-bond acceptors (Lipinski definition) is 4. The second kappa shape index (κ2) is 8.63. The molecule has 8 heteroatoms. The second-order valence-corrected chi connectivity index (χ2v) is 6.78. The number of anilines is 1. The third-order valence-electron chi connectivity index (χ3n) is 4.66. The maximum absolute atomic E-state index is 13.3. The molecular formula is C19H21ClF2N4O. The first-order chi connectivity index (χ1) is 13.0. The summed E-state index contributed by atoms with van der Waals surface area (Å²) in [6.45, 7) is 7.34. The molecule has 27 heavy (non-hydrogen) atoms. The van der Waals surface area contributed by atoms with Crippen LogP contribution in [0.25, 0.3) is 0 Å². The van der Waals surface area contributed by atoms with Gasteiger partial charge in [-0.1, -0.05) is 24.6 Å². The zero-order chi connectivity index (χ0) is 19.4. The monoisotopic (exact) mass is 394 g/mol. The maximum Gasteiger partial charge on any atom is 0.253 e. The van der Waals surface area contributed by atoms with Gasteiger partial charge in [0, 0.05) is 38.9 Å². The van der Waals surface area contributed by atoms with Crippen molar-refractivity contribution in [2.45, 2.75) is 13.5 Å². The van der Waals surface area contributed by atoms with Gasteiger partial charge in [0.25, 0.3) is 5.91 Å². The van der Waals surface area contributed by atoms with Crippen molar-refractivity contribution in [2.24, 2.45) is 0 Å². The van der Waals surface area contributed by atoms with Gasteiger partial charge in [-0.3, -0.25) is 4.79 Å². The lowest BCUT2D eigenvalue weighted by atomic mass is 10.2. The molecule has 5 nitrogen and oxygen atoms in total. The molecule has 0 aliphatic carbocycles. The van der Waals surface area contributed by atoms with Gasteiger partial charge < -0.3 is 15.1 Å². The summed E-state index contributed by atoms with van der Waals surface area (Å²) < 4.78 is 26.4. The molecule has 2 heterocycles. The number of rotatable bonds is 5. The van der Waals surface area contributed by atoms with E-state index in [1.807, 2.05) is 12.1 Å². The topological polar surface area (TPSA) is 48.5 Å².